The average Bonchev–Trinajstić information content (AvgIpc) is 3.66. The molecule has 2 aliphatic rings. The molecule has 1 aliphatic carbocycles. The number of para-hydroxylation sites is 1. The maximum Gasteiger partial charge on any atom is 0.416 e. The highest BCUT2D eigenvalue weighted by molar-refractivity contribution is 5.82. The number of halogens is 7. The number of benzene rings is 3. The first-order valence-corrected chi connectivity index (χ1v) is 14.9. The van der Waals surface area contributed by atoms with Crippen molar-refractivity contribution in [3.63, 3.8) is 0 Å². The summed E-state index contributed by atoms with van der Waals surface area (Å²) in [6.45, 7) is 7.57. The predicted molar refractivity (Wildman–Crippen MR) is 159 cm³/mol. The van der Waals surface area contributed by atoms with E-state index in [0.717, 1.165) is 34.0 Å². The summed E-state index contributed by atoms with van der Waals surface area (Å²) in [4.78, 5) is 1.76. The normalized spacial score (nSPS) is 16.0. The van der Waals surface area contributed by atoms with Gasteiger partial charge in [0.2, 0.25) is 0 Å². The summed E-state index contributed by atoms with van der Waals surface area (Å²) >= 11 is 0. The van der Waals surface area contributed by atoms with Crippen molar-refractivity contribution in [2.24, 2.45) is 0 Å². The smallest absolute Gasteiger partial charge is 0.284 e. The van der Waals surface area contributed by atoms with Gasteiger partial charge in [-0.2, -0.15) is 31.4 Å². The molecule has 2 heterocycles. The van der Waals surface area contributed by atoms with Crippen molar-refractivity contribution in [1.82, 2.24) is 14.7 Å². The minimum Gasteiger partial charge on any atom is -0.284 e. The van der Waals surface area contributed by atoms with Gasteiger partial charge in [-0.05, 0) is 79.1 Å². The molecule has 0 spiro atoms. The second-order valence-corrected chi connectivity index (χ2v) is 12.1. The summed E-state index contributed by atoms with van der Waals surface area (Å²) in [7, 11) is 0. The zero-order valence-electron chi connectivity index (χ0n) is 25.3. The zero-order valence-corrected chi connectivity index (χ0v) is 25.3. The number of hydrogen-bond acceptors (Lipinski definition) is 2. The minimum atomic E-state index is -4.99. The fourth-order valence-electron chi connectivity index (χ4n) is 6.70. The molecule has 4 aromatic rings. The largest absolute Gasteiger partial charge is 0.416 e. The third-order valence-corrected chi connectivity index (χ3v) is 9.13. The van der Waals surface area contributed by atoms with Crippen LogP contribution in [0, 0.1) is 5.82 Å². The number of aryl methyl sites for hydroxylation is 2. The molecule has 6 rings (SSSR count). The Kier molecular flexibility index (Phi) is 7.50. The quantitative estimate of drug-likeness (QED) is 0.199. The van der Waals surface area contributed by atoms with Crippen LogP contribution in [0.5, 0.6) is 0 Å². The summed E-state index contributed by atoms with van der Waals surface area (Å²) in [5.41, 5.74) is 2.90. The van der Waals surface area contributed by atoms with Gasteiger partial charge in [0.05, 0.1) is 33.7 Å². The van der Waals surface area contributed by atoms with Gasteiger partial charge in [-0.1, -0.05) is 56.3 Å². The van der Waals surface area contributed by atoms with Gasteiger partial charge in [0.15, 0.2) is 0 Å². The molecule has 0 atom stereocenters. The Morgan fingerprint density at radius 1 is 0.867 bits per heavy atom. The second-order valence-electron chi connectivity index (χ2n) is 12.1. The van der Waals surface area contributed by atoms with Crippen molar-refractivity contribution in [1.29, 1.82) is 0 Å². The summed E-state index contributed by atoms with van der Waals surface area (Å²) in [5.74, 6) is -0.436. The maximum absolute atomic E-state index is 16.0. The zero-order chi connectivity index (χ0) is 32.5. The van der Waals surface area contributed by atoms with Crippen molar-refractivity contribution < 1.29 is 30.7 Å². The SMILES string of the molecule is CCc1cccc(CC)c1-n1nc2c(c1-c1c(F)ccc3c1C=CC3)CN(Cc1ccc(C(F)(F)F)cc1C(F)(F)F)C2(C)C. The number of fused-ring (bicyclic) bond motifs is 2. The van der Waals surface area contributed by atoms with E-state index in [4.69, 9.17) is 5.10 Å². The van der Waals surface area contributed by atoms with Crippen LogP contribution < -0.4 is 0 Å². The van der Waals surface area contributed by atoms with Crippen LogP contribution >= 0.6 is 0 Å². The molecule has 0 N–H and O–H groups in total. The van der Waals surface area contributed by atoms with Crippen molar-refractivity contribution in [3.05, 3.63) is 111 Å². The second kappa shape index (κ2) is 10.9. The van der Waals surface area contributed by atoms with Gasteiger partial charge in [-0.15, -0.1) is 0 Å². The molecule has 10 heteroatoms. The molecule has 0 saturated carbocycles. The molecule has 0 radical (unpaired) electrons. The van der Waals surface area contributed by atoms with Gasteiger partial charge in [-0.25, -0.2) is 9.07 Å². The number of hydrogen-bond donors (Lipinski definition) is 0. The summed E-state index contributed by atoms with van der Waals surface area (Å²) in [5, 5.41) is 5.10. The Hall–Kier alpha value is -3.92. The van der Waals surface area contributed by atoms with E-state index in [-0.39, 0.29) is 24.7 Å². The van der Waals surface area contributed by atoms with Crippen molar-refractivity contribution >= 4 is 6.08 Å². The van der Waals surface area contributed by atoms with Gasteiger partial charge in [-0.3, -0.25) is 4.90 Å². The Labute approximate surface area is 257 Å². The molecule has 1 aliphatic heterocycles. The van der Waals surface area contributed by atoms with Gasteiger partial charge in [0.25, 0.3) is 0 Å². The molecule has 236 valence electrons. The van der Waals surface area contributed by atoms with Crippen LogP contribution in [0.3, 0.4) is 0 Å². The van der Waals surface area contributed by atoms with Crippen molar-refractivity contribution in [2.45, 2.75) is 77.9 Å². The van der Waals surface area contributed by atoms with Gasteiger partial charge < -0.3 is 0 Å². The topological polar surface area (TPSA) is 21.1 Å². The monoisotopic (exact) mass is 627 g/mol. The number of allylic oxidation sites excluding steroid dienone is 1. The molecular weight excluding hydrogens is 595 g/mol. The summed E-state index contributed by atoms with van der Waals surface area (Å²) in [6, 6.07) is 11.0. The van der Waals surface area contributed by atoms with Crippen LogP contribution in [0.1, 0.15) is 77.9 Å². The molecule has 3 aromatic carbocycles. The minimum absolute atomic E-state index is 0.124. The van der Waals surface area contributed by atoms with E-state index in [0.29, 0.717) is 47.8 Å². The molecule has 0 bridgehead atoms. The highest BCUT2D eigenvalue weighted by Crippen LogP contribution is 2.48. The van der Waals surface area contributed by atoms with E-state index in [1.807, 2.05) is 62.7 Å². The fraction of sp³-hybridized carbons (Fsp3) is 0.343. The maximum atomic E-state index is 16.0. The van der Waals surface area contributed by atoms with E-state index in [9.17, 15) is 26.3 Å². The van der Waals surface area contributed by atoms with Crippen LogP contribution in [-0.4, -0.2) is 14.7 Å². The Morgan fingerprint density at radius 3 is 2.18 bits per heavy atom. The number of nitrogens with zero attached hydrogens (tertiary/aromatic N) is 3. The van der Waals surface area contributed by atoms with Crippen LogP contribution in [0.15, 0.2) is 54.6 Å². The molecule has 0 amide bonds. The lowest BCUT2D eigenvalue weighted by molar-refractivity contribution is -0.143. The first-order chi connectivity index (χ1) is 21.2. The van der Waals surface area contributed by atoms with Crippen molar-refractivity contribution in [2.75, 3.05) is 0 Å². The molecule has 0 saturated heterocycles. The lowest BCUT2D eigenvalue weighted by atomic mass is 9.94. The third kappa shape index (κ3) is 5.16. The van der Waals surface area contributed by atoms with Crippen LogP contribution in [0.25, 0.3) is 23.0 Å². The average molecular weight is 628 g/mol. The first-order valence-electron chi connectivity index (χ1n) is 14.9. The summed E-state index contributed by atoms with van der Waals surface area (Å²) in [6.07, 6.45) is -4.00. The predicted octanol–water partition coefficient (Wildman–Crippen LogP) is 9.66. The number of rotatable bonds is 6. The Balaban J connectivity index is 1.55. The molecule has 3 nitrogen and oxygen atoms in total. The van der Waals surface area contributed by atoms with Gasteiger partial charge in [0, 0.05) is 24.2 Å². The third-order valence-electron chi connectivity index (χ3n) is 9.13. The number of aromatic nitrogens is 2. The Morgan fingerprint density at radius 2 is 1.56 bits per heavy atom. The lowest BCUT2D eigenvalue weighted by Gasteiger charge is -2.33. The lowest BCUT2D eigenvalue weighted by Crippen LogP contribution is -2.36. The van der Waals surface area contributed by atoms with Gasteiger partial charge >= 0.3 is 12.4 Å². The van der Waals surface area contributed by atoms with E-state index in [2.05, 4.69) is 0 Å². The summed E-state index contributed by atoms with van der Waals surface area (Å²) < 4.78 is 100. The molecule has 0 fully saturated rings. The highest BCUT2D eigenvalue weighted by atomic mass is 19.4. The molecule has 1 aromatic heterocycles. The van der Waals surface area contributed by atoms with E-state index >= 15 is 4.39 Å². The van der Waals surface area contributed by atoms with Crippen LogP contribution in [0.4, 0.5) is 30.7 Å². The Bertz CT molecular complexity index is 1800. The van der Waals surface area contributed by atoms with Crippen LogP contribution in [-0.2, 0) is 50.2 Å². The fourth-order valence-corrected chi connectivity index (χ4v) is 6.70. The van der Waals surface area contributed by atoms with Crippen LogP contribution in [0.2, 0.25) is 0 Å². The van der Waals surface area contributed by atoms with E-state index < -0.39 is 34.8 Å². The van der Waals surface area contributed by atoms with Crippen molar-refractivity contribution in [3.8, 4) is 16.9 Å². The standard InChI is InChI=1S/C35H32F7N3/c1-5-20-9-7-10-21(6-2)30(20)45-31(29-25-12-8-11-22(25)14-16-28(29)36)26-19-44(33(3,4)32(26)43-45)18-23-13-15-24(34(37,38)39)17-27(23)35(40,41)42/h7-10,12-17H,5-6,11,18-19H2,1-4H3. The van der Waals surface area contributed by atoms with E-state index in [1.54, 1.807) is 11.0 Å². The molecule has 45 heavy (non-hydrogen) atoms. The number of alkyl halides is 6. The highest BCUT2D eigenvalue weighted by Gasteiger charge is 2.45. The van der Waals surface area contributed by atoms with E-state index in [1.165, 1.54) is 6.07 Å². The van der Waals surface area contributed by atoms with Gasteiger partial charge in [0.1, 0.15) is 5.82 Å². The molecular formula is C35H32F7N3. The first kappa shape index (κ1) is 31.1. The molecule has 0 unspecified atom stereocenters.